The van der Waals surface area contributed by atoms with Crippen LogP contribution in [0.5, 0.6) is 0 Å². The zero-order chi connectivity index (χ0) is 15.8. The molecule has 7 heteroatoms. The molecule has 0 fully saturated rings. The Morgan fingerprint density at radius 2 is 1.95 bits per heavy atom. The van der Waals surface area contributed by atoms with Crippen LogP contribution in [0.2, 0.25) is 18.1 Å². The Labute approximate surface area is 121 Å². The zero-order valence-corrected chi connectivity index (χ0v) is 14.2. The van der Waals surface area contributed by atoms with Gasteiger partial charge in [-0.2, -0.15) is 5.26 Å². The first-order valence-electron chi connectivity index (χ1n) is 6.18. The third kappa shape index (κ3) is 3.45. The van der Waals surface area contributed by atoms with Crippen LogP contribution < -0.4 is 4.39 Å². The summed E-state index contributed by atoms with van der Waals surface area (Å²) in [6.07, 6.45) is 0. The lowest BCUT2D eigenvalue weighted by atomic mass is 10.2. The first-order valence-corrected chi connectivity index (χ1v) is 10.7. The van der Waals surface area contributed by atoms with Crippen LogP contribution in [0.4, 0.5) is 4.39 Å². The molecule has 1 aromatic carbocycles. The van der Waals surface area contributed by atoms with Crippen LogP contribution in [0.1, 0.15) is 26.3 Å². The number of nitriles is 1. The van der Waals surface area contributed by atoms with Gasteiger partial charge in [0.05, 0.1) is 16.5 Å². The maximum Gasteiger partial charge on any atom is 0.141 e. The minimum Gasteiger partial charge on any atom is -0.249 e. The first-order chi connectivity index (χ1) is 8.90. The molecule has 0 saturated heterocycles. The van der Waals surface area contributed by atoms with Gasteiger partial charge in [-0.25, -0.2) is 17.8 Å². The third-order valence-corrected chi connectivity index (χ3v) is 11.5. The fourth-order valence-electron chi connectivity index (χ4n) is 1.36. The summed E-state index contributed by atoms with van der Waals surface area (Å²) in [5.74, 6) is -0.727. The first kappa shape index (κ1) is 16.8. The van der Waals surface area contributed by atoms with E-state index in [1.807, 2.05) is 39.9 Å². The summed E-state index contributed by atoms with van der Waals surface area (Å²) < 4.78 is 37.3. The van der Waals surface area contributed by atoms with Gasteiger partial charge in [-0.1, -0.05) is 33.9 Å². The monoisotopic (exact) mass is 313 g/mol. The van der Waals surface area contributed by atoms with Crippen LogP contribution in [0, 0.1) is 21.9 Å². The van der Waals surface area contributed by atoms with Crippen LogP contribution in [-0.2, 0) is 9.92 Å². The van der Waals surface area contributed by atoms with Gasteiger partial charge in [0.25, 0.3) is 0 Å². The molecule has 0 aliphatic carbocycles. The highest BCUT2D eigenvalue weighted by Gasteiger charge is 2.38. The van der Waals surface area contributed by atoms with Crippen LogP contribution in [-0.4, -0.2) is 12.4 Å². The van der Waals surface area contributed by atoms with Crippen molar-refractivity contribution >= 4 is 18.2 Å². The van der Waals surface area contributed by atoms with Gasteiger partial charge >= 0.3 is 0 Å². The van der Waals surface area contributed by atoms with Crippen molar-refractivity contribution in [2.75, 3.05) is 0 Å². The molecule has 0 bridgehead atoms. The van der Waals surface area contributed by atoms with E-state index in [-0.39, 0.29) is 15.5 Å². The van der Waals surface area contributed by atoms with Gasteiger partial charge < -0.3 is 0 Å². The second-order valence-electron chi connectivity index (χ2n) is 6.29. The summed E-state index contributed by atoms with van der Waals surface area (Å²) >= 11 is 0. The molecule has 110 valence electrons. The van der Waals surface area contributed by atoms with E-state index in [2.05, 4.69) is 4.39 Å². The number of nitrogens with one attached hydrogen (secondary N) is 2. The average molecular weight is 313 g/mol. The highest BCUT2D eigenvalue weighted by atomic mass is 32.2. The maximum absolute atomic E-state index is 13.8. The highest BCUT2D eigenvalue weighted by molar-refractivity contribution is 7.92. The van der Waals surface area contributed by atoms with Crippen LogP contribution >= 0.6 is 0 Å². The van der Waals surface area contributed by atoms with E-state index in [0.29, 0.717) is 0 Å². The Hall–Kier alpha value is -1.23. The molecule has 1 aromatic rings. The van der Waals surface area contributed by atoms with E-state index in [9.17, 15) is 8.60 Å². The highest BCUT2D eigenvalue weighted by Crippen LogP contribution is 2.35. The Morgan fingerprint density at radius 1 is 1.40 bits per heavy atom. The number of nitrogens with zero attached hydrogens (tertiary/aromatic N) is 1. The predicted molar refractivity (Wildman–Crippen MR) is 80.6 cm³/mol. The number of benzene rings is 1. The molecule has 2 N–H and O–H groups in total. The van der Waals surface area contributed by atoms with E-state index in [4.69, 9.17) is 10.0 Å². The zero-order valence-electron chi connectivity index (χ0n) is 12.4. The molecule has 1 rings (SSSR count). The molecule has 4 nitrogen and oxygen atoms in total. The summed E-state index contributed by atoms with van der Waals surface area (Å²) in [6, 6.07) is 5.44. The lowest BCUT2D eigenvalue weighted by Gasteiger charge is -2.37. The van der Waals surface area contributed by atoms with Crippen molar-refractivity contribution < 1.29 is 8.60 Å². The molecule has 0 aliphatic heterocycles. The molecule has 20 heavy (non-hydrogen) atoms. The fraction of sp³-hybridized carbons (Fsp3) is 0.462. The van der Waals surface area contributed by atoms with Crippen molar-refractivity contribution in [3.63, 3.8) is 0 Å². The minimum absolute atomic E-state index is 0.139. The van der Waals surface area contributed by atoms with E-state index in [1.165, 1.54) is 12.1 Å². The minimum atomic E-state index is -3.48. The molecular formula is C13H20FN3OSSi. The molecule has 1 atom stereocenters. The Balaban J connectivity index is 3.30. The molecule has 0 amide bonds. The molecule has 1 unspecified atom stereocenters. The van der Waals surface area contributed by atoms with Crippen molar-refractivity contribution in [1.29, 1.82) is 10.0 Å². The van der Waals surface area contributed by atoms with E-state index < -0.39 is 24.0 Å². The van der Waals surface area contributed by atoms with Gasteiger partial charge in [0.15, 0.2) is 0 Å². The normalized spacial score (nSPS) is 15.4. The topological polar surface area (TPSA) is 76.7 Å². The van der Waals surface area contributed by atoms with Gasteiger partial charge in [-0.3, -0.25) is 0 Å². The van der Waals surface area contributed by atoms with Crippen molar-refractivity contribution in [2.45, 2.75) is 43.8 Å². The van der Waals surface area contributed by atoms with Crippen molar-refractivity contribution in [3.05, 3.63) is 29.6 Å². The van der Waals surface area contributed by atoms with E-state index in [1.54, 1.807) is 0 Å². The second-order valence-corrected chi connectivity index (χ2v) is 13.4. The van der Waals surface area contributed by atoms with E-state index in [0.717, 1.165) is 6.07 Å². The molecule has 0 aliphatic rings. The molecular weight excluding hydrogens is 293 g/mol. The third-order valence-electron chi connectivity index (χ3n) is 3.64. The molecule has 0 radical (unpaired) electrons. The Kier molecular flexibility index (Phi) is 4.44. The van der Waals surface area contributed by atoms with E-state index >= 15 is 0 Å². The second kappa shape index (κ2) is 5.28. The summed E-state index contributed by atoms with van der Waals surface area (Å²) in [4.78, 5) is -0.249. The Morgan fingerprint density at radius 3 is 2.40 bits per heavy atom. The summed E-state index contributed by atoms with van der Waals surface area (Å²) in [5, 5.41) is 8.70. The number of hydrogen-bond donors (Lipinski definition) is 2. The lowest BCUT2D eigenvalue weighted by Crippen LogP contribution is -2.54. The standard InChI is InChI=1S/C13H20FN3OSSi/c1-13(2,3)20(4,5)17-19(16,18)12-8-10(9-15)6-7-11(12)14/h6-8H,1-5H3,(H2,16,17,18). The van der Waals surface area contributed by atoms with Gasteiger partial charge in [-0.05, 0) is 23.2 Å². The van der Waals surface area contributed by atoms with Crippen molar-refractivity contribution in [2.24, 2.45) is 0 Å². The smallest absolute Gasteiger partial charge is 0.141 e. The summed E-state index contributed by atoms with van der Waals surface area (Å²) in [5.41, 5.74) is 0.193. The SMILES string of the molecule is CC(C)(C)[Si](C)(C)NS(=N)(=O)c1cc(C#N)ccc1F. The predicted octanol–water partition coefficient (Wildman–Crippen LogP) is 3.61. The Bertz CT molecular complexity index is 657. The summed E-state index contributed by atoms with van der Waals surface area (Å²) in [6.45, 7) is 9.91. The van der Waals surface area contributed by atoms with Gasteiger partial charge in [-0.15, -0.1) is 0 Å². The maximum atomic E-state index is 13.8. The molecule has 0 heterocycles. The number of rotatable bonds is 3. The van der Waals surface area contributed by atoms with Crippen LogP contribution in [0.25, 0.3) is 0 Å². The average Bonchev–Trinajstić information content (AvgIpc) is 2.26. The van der Waals surface area contributed by atoms with Gasteiger partial charge in [0, 0.05) is 0 Å². The quantitative estimate of drug-likeness (QED) is 0.836. The fourth-order valence-corrected chi connectivity index (χ4v) is 6.54. The molecule has 0 saturated carbocycles. The van der Waals surface area contributed by atoms with Crippen molar-refractivity contribution in [1.82, 2.24) is 4.39 Å². The number of hydrogen-bond acceptors (Lipinski definition) is 3. The lowest BCUT2D eigenvalue weighted by molar-refractivity contribution is 0.591. The van der Waals surface area contributed by atoms with Crippen molar-refractivity contribution in [3.8, 4) is 6.07 Å². The molecule has 0 spiro atoms. The molecule has 0 aromatic heterocycles. The summed E-state index contributed by atoms with van der Waals surface area (Å²) in [7, 11) is -5.71. The van der Waals surface area contributed by atoms with Crippen LogP contribution in [0.3, 0.4) is 0 Å². The van der Waals surface area contributed by atoms with Gasteiger partial charge in [0.1, 0.15) is 24.0 Å². The number of halogens is 1. The van der Waals surface area contributed by atoms with Crippen LogP contribution in [0.15, 0.2) is 23.1 Å². The largest absolute Gasteiger partial charge is 0.249 e. The van der Waals surface area contributed by atoms with Gasteiger partial charge in [0.2, 0.25) is 0 Å².